The number of hydrogen-bond donors (Lipinski definition) is 0. The van der Waals surface area contributed by atoms with Crippen molar-refractivity contribution in [3.05, 3.63) is 52.8 Å². The first-order chi connectivity index (χ1) is 13.4. The highest BCUT2D eigenvalue weighted by atomic mass is 32.2. The van der Waals surface area contributed by atoms with E-state index in [1.165, 1.54) is 26.9 Å². The maximum absolute atomic E-state index is 13.1. The number of methoxy groups -OCH3 is 1. The van der Waals surface area contributed by atoms with Crippen molar-refractivity contribution in [2.24, 2.45) is 5.92 Å². The van der Waals surface area contributed by atoms with Gasteiger partial charge in [-0.25, -0.2) is 12.4 Å². The maximum atomic E-state index is 13.1. The van der Waals surface area contributed by atoms with Crippen LogP contribution in [0.15, 0.2) is 52.2 Å². The molecule has 1 aromatic heterocycles. The Labute approximate surface area is 168 Å². The number of hydrogen-bond acceptors (Lipinski definition) is 5. The number of rotatable bonds is 4. The van der Waals surface area contributed by atoms with Gasteiger partial charge < -0.3 is 4.74 Å². The van der Waals surface area contributed by atoms with Crippen LogP contribution in [-0.4, -0.2) is 36.9 Å². The summed E-state index contributed by atoms with van der Waals surface area (Å²) in [5, 5.41) is 0.604. The summed E-state index contributed by atoms with van der Waals surface area (Å²) in [6.45, 7) is 3.19. The number of nitrogens with zero attached hydrogens (tertiary/aromatic N) is 2. The minimum atomic E-state index is -3.62. The molecule has 0 spiro atoms. The van der Waals surface area contributed by atoms with Gasteiger partial charge in [0.25, 0.3) is 5.56 Å². The van der Waals surface area contributed by atoms with Gasteiger partial charge in [0.15, 0.2) is 0 Å². The minimum absolute atomic E-state index is 0.180. The molecule has 1 fully saturated rings. The Balaban J connectivity index is 1.82. The van der Waals surface area contributed by atoms with Gasteiger partial charge in [0.05, 0.1) is 22.1 Å². The lowest BCUT2D eigenvalue weighted by Crippen LogP contribution is -2.37. The predicted molar refractivity (Wildman–Crippen MR) is 111 cm³/mol. The highest BCUT2D eigenvalue weighted by Crippen LogP contribution is 2.31. The molecule has 1 aliphatic heterocycles. The van der Waals surface area contributed by atoms with Gasteiger partial charge in [-0.3, -0.25) is 4.79 Å². The summed E-state index contributed by atoms with van der Waals surface area (Å²) in [6.07, 6.45) is 1.72. The molecule has 0 saturated carbocycles. The van der Waals surface area contributed by atoms with Crippen molar-refractivity contribution in [1.29, 1.82) is 0 Å². The van der Waals surface area contributed by atoms with Crippen molar-refractivity contribution in [3.8, 4) is 11.4 Å². The van der Waals surface area contributed by atoms with E-state index in [1.807, 2.05) is 18.2 Å². The number of sulfonamides is 1. The van der Waals surface area contributed by atoms with E-state index in [-0.39, 0.29) is 10.5 Å². The average Bonchev–Trinajstić information content (AvgIpc) is 3.04. The van der Waals surface area contributed by atoms with E-state index < -0.39 is 10.0 Å². The number of aromatic nitrogens is 1. The van der Waals surface area contributed by atoms with Gasteiger partial charge in [-0.2, -0.15) is 4.31 Å². The number of fused-ring (bicyclic) bond motifs is 1. The summed E-state index contributed by atoms with van der Waals surface area (Å²) in [5.74, 6) is 0.995. The molecule has 1 aliphatic rings. The molecule has 0 radical (unpaired) electrons. The molecule has 4 rings (SSSR count). The number of ether oxygens (including phenoxy) is 1. The predicted octanol–water partition coefficient (Wildman–Crippen LogP) is 3.48. The van der Waals surface area contributed by atoms with Crippen molar-refractivity contribution in [2.45, 2.75) is 24.7 Å². The third-order valence-corrected chi connectivity index (χ3v) is 8.23. The summed E-state index contributed by atoms with van der Waals surface area (Å²) in [7, 11) is -2.11. The van der Waals surface area contributed by atoms with Crippen molar-refractivity contribution >= 4 is 31.6 Å². The van der Waals surface area contributed by atoms with Crippen LogP contribution >= 0.6 is 11.5 Å². The first-order valence-corrected chi connectivity index (χ1v) is 11.4. The van der Waals surface area contributed by atoms with Gasteiger partial charge in [-0.05, 0) is 49.1 Å². The van der Waals surface area contributed by atoms with Gasteiger partial charge in [-0.15, -0.1) is 0 Å². The Bertz CT molecular complexity index is 1170. The normalized spacial score (nSPS) is 16.5. The fraction of sp³-hybridized carbons (Fsp3) is 0.350. The third kappa shape index (κ3) is 3.25. The summed E-state index contributed by atoms with van der Waals surface area (Å²) in [5.41, 5.74) is 0.264. The first kappa shape index (κ1) is 19.2. The van der Waals surface area contributed by atoms with Crippen LogP contribution in [0.1, 0.15) is 19.8 Å². The smallest absolute Gasteiger partial charge is 0.273 e. The fourth-order valence-corrected chi connectivity index (χ4v) is 6.00. The van der Waals surface area contributed by atoms with E-state index in [4.69, 9.17) is 4.74 Å². The molecule has 6 nitrogen and oxygen atoms in total. The molecule has 0 aliphatic carbocycles. The van der Waals surface area contributed by atoms with Crippen LogP contribution in [0.5, 0.6) is 5.75 Å². The largest absolute Gasteiger partial charge is 0.495 e. The summed E-state index contributed by atoms with van der Waals surface area (Å²) in [6, 6.07) is 12.0. The van der Waals surface area contributed by atoms with Crippen molar-refractivity contribution in [3.63, 3.8) is 0 Å². The van der Waals surface area contributed by atoms with Gasteiger partial charge in [0, 0.05) is 13.1 Å². The lowest BCUT2D eigenvalue weighted by molar-refractivity contribution is 0.288. The molecule has 0 unspecified atom stereocenters. The molecule has 0 N–H and O–H groups in total. The van der Waals surface area contributed by atoms with Crippen LogP contribution in [0.2, 0.25) is 0 Å². The van der Waals surface area contributed by atoms with Crippen LogP contribution in [-0.2, 0) is 10.0 Å². The number of piperidine rings is 1. The molecular formula is C20H22N2O4S2. The number of benzene rings is 2. The zero-order valence-electron chi connectivity index (χ0n) is 15.8. The average molecular weight is 419 g/mol. The molecule has 148 valence electrons. The topological polar surface area (TPSA) is 68.6 Å². The van der Waals surface area contributed by atoms with Gasteiger partial charge in [0.2, 0.25) is 10.0 Å². The summed E-state index contributed by atoms with van der Waals surface area (Å²) in [4.78, 5) is 13.0. The zero-order valence-corrected chi connectivity index (χ0v) is 17.4. The molecule has 8 heteroatoms. The zero-order chi connectivity index (χ0) is 19.9. The second-order valence-electron chi connectivity index (χ2n) is 7.11. The van der Waals surface area contributed by atoms with Crippen LogP contribution < -0.4 is 10.3 Å². The summed E-state index contributed by atoms with van der Waals surface area (Å²) >= 11 is 1.28. The second-order valence-corrected chi connectivity index (χ2v) is 10.0. The van der Waals surface area contributed by atoms with Crippen LogP contribution in [0.25, 0.3) is 15.8 Å². The molecular weight excluding hydrogens is 396 g/mol. The minimum Gasteiger partial charge on any atom is -0.495 e. The van der Waals surface area contributed by atoms with Crippen LogP contribution in [0.3, 0.4) is 0 Å². The SMILES string of the molecule is COc1ccc(S(=O)(=O)N2CCC(C)CC2)cc1-n1sc2ccccc2c1=O. The molecule has 0 bridgehead atoms. The summed E-state index contributed by atoms with van der Waals surface area (Å²) < 4.78 is 35.6. The van der Waals surface area contributed by atoms with Crippen LogP contribution in [0, 0.1) is 5.92 Å². The Morgan fingerprint density at radius 1 is 1.11 bits per heavy atom. The molecule has 0 amide bonds. The van der Waals surface area contributed by atoms with E-state index >= 15 is 0 Å². The van der Waals surface area contributed by atoms with Gasteiger partial charge >= 0.3 is 0 Å². The third-order valence-electron chi connectivity index (χ3n) is 5.24. The van der Waals surface area contributed by atoms with E-state index in [0.29, 0.717) is 35.8 Å². The van der Waals surface area contributed by atoms with E-state index in [1.54, 1.807) is 24.3 Å². The van der Waals surface area contributed by atoms with Crippen LogP contribution in [0.4, 0.5) is 0 Å². The first-order valence-electron chi connectivity index (χ1n) is 9.21. The monoisotopic (exact) mass is 418 g/mol. The van der Waals surface area contributed by atoms with Crippen molar-refractivity contribution in [1.82, 2.24) is 8.26 Å². The Morgan fingerprint density at radius 2 is 1.82 bits per heavy atom. The quantitative estimate of drug-likeness (QED) is 0.651. The Hall–Kier alpha value is -2.16. The molecule has 0 atom stereocenters. The van der Waals surface area contributed by atoms with E-state index in [0.717, 1.165) is 17.5 Å². The molecule has 28 heavy (non-hydrogen) atoms. The Kier molecular flexibility index (Phi) is 5.03. The van der Waals surface area contributed by atoms with Crippen molar-refractivity contribution in [2.75, 3.05) is 20.2 Å². The van der Waals surface area contributed by atoms with Gasteiger partial charge in [0.1, 0.15) is 11.4 Å². The van der Waals surface area contributed by atoms with E-state index in [9.17, 15) is 13.2 Å². The fourth-order valence-electron chi connectivity index (χ4n) is 3.49. The van der Waals surface area contributed by atoms with E-state index in [2.05, 4.69) is 6.92 Å². The molecule has 1 saturated heterocycles. The van der Waals surface area contributed by atoms with Crippen molar-refractivity contribution < 1.29 is 13.2 Å². The highest BCUT2D eigenvalue weighted by Gasteiger charge is 2.29. The Morgan fingerprint density at radius 3 is 2.50 bits per heavy atom. The highest BCUT2D eigenvalue weighted by molar-refractivity contribution is 7.89. The lowest BCUT2D eigenvalue weighted by Gasteiger charge is -2.29. The lowest BCUT2D eigenvalue weighted by atomic mass is 10.0. The molecule has 2 aromatic carbocycles. The van der Waals surface area contributed by atoms with Gasteiger partial charge in [-0.1, -0.05) is 30.6 Å². The maximum Gasteiger partial charge on any atom is 0.273 e. The second kappa shape index (κ2) is 7.35. The standard InChI is InChI=1S/C20H22N2O4S2/c1-14-9-11-21(12-10-14)28(24,25)15-7-8-18(26-2)17(13-15)22-20(23)16-5-3-4-6-19(16)27-22/h3-8,13-14H,9-12H2,1-2H3. The molecule has 3 aromatic rings. The molecule has 2 heterocycles.